The van der Waals surface area contributed by atoms with Gasteiger partial charge in [-0.15, -0.1) is 0 Å². The molecule has 0 saturated carbocycles. The van der Waals surface area contributed by atoms with Crippen LogP contribution in [0.25, 0.3) is 0 Å². The lowest BCUT2D eigenvalue weighted by Crippen LogP contribution is -2.41. The summed E-state index contributed by atoms with van der Waals surface area (Å²) >= 11 is 0. The van der Waals surface area contributed by atoms with Crippen molar-refractivity contribution in [1.29, 1.82) is 0 Å². The van der Waals surface area contributed by atoms with E-state index in [4.69, 9.17) is 20.3 Å². The summed E-state index contributed by atoms with van der Waals surface area (Å²) in [6, 6.07) is 0.700. The number of hydrogen-bond acceptors (Lipinski definition) is 8. The van der Waals surface area contributed by atoms with E-state index in [1.54, 1.807) is 0 Å². The molecule has 1 aromatic heterocycles. The zero-order valence-electron chi connectivity index (χ0n) is 11.8. The molecule has 0 radical (unpaired) electrons. The Balaban J connectivity index is 2.37. The molecule has 2 rings (SSSR count). The second-order valence-corrected chi connectivity index (χ2v) is 6.13. The number of nitrogens with two attached hydrogens (primary N) is 1. The maximum Gasteiger partial charge on any atom is 0.469 e. The van der Waals surface area contributed by atoms with E-state index < -0.39 is 61.8 Å². The number of phosphoric acid groups is 1. The summed E-state index contributed by atoms with van der Waals surface area (Å²) < 4.78 is 20.5. The van der Waals surface area contributed by atoms with Crippen molar-refractivity contribution in [1.82, 2.24) is 9.55 Å². The number of hydrogen-bond donors (Lipinski definition) is 6. The number of phosphoric ester groups is 1. The predicted octanol–water partition coefficient (Wildman–Crippen LogP) is -3.64. The SMILES string of the molecule is NC(=O)c1cc(=O)[nH]c(=O)n1[C@@H]1O[C@H](COP(=O)(O)O)[C@@H](O)[C@H]1O. The average Bonchev–Trinajstić information content (AvgIpc) is 2.71. The van der Waals surface area contributed by atoms with E-state index in [0.29, 0.717) is 10.6 Å². The van der Waals surface area contributed by atoms with E-state index in [2.05, 4.69) is 4.52 Å². The molecule has 0 aliphatic carbocycles. The minimum absolute atomic E-state index is 0.523. The van der Waals surface area contributed by atoms with Crippen LogP contribution in [0.2, 0.25) is 0 Å². The molecule has 1 aliphatic rings. The van der Waals surface area contributed by atoms with Gasteiger partial charge in [0.15, 0.2) is 6.23 Å². The van der Waals surface area contributed by atoms with Crippen LogP contribution in [0, 0.1) is 0 Å². The van der Waals surface area contributed by atoms with E-state index in [0.717, 1.165) is 0 Å². The van der Waals surface area contributed by atoms with Gasteiger partial charge >= 0.3 is 13.5 Å². The van der Waals surface area contributed by atoms with E-state index in [-0.39, 0.29) is 0 Å². The number of carbonyl (C=O) groups excluding carboxylic acids is 1. The minimum atomic E-state index is -4.86. The van der Waals surface area contributed by atoms with Crippen molar-refractivity contribution in [2.24, 2.45) is 5.73 Å². The van der Waals surface area contributed by atoms with Gasteiger partial charge in [0.2, 0.25) is 0 Å². The fraction of sp³-hybridized carbons (Fsp3) is 0.500. The molecule has 0 unspecified atom stereocenters. The Morgan fingerprint density at radius 3 is 2.54 bits per heavy atom. The van der Waals surface area contributed by atoms with Crippen LogP contribution < -0.4 is 17.0 Å². The third-order valence-corrected chi connectivity index (χ3v) is 3.71. The highest BCUT2D eigenvalue weighted by molar-refractivity contribution is 7.46. The molecule has 1 aromatic rings. The summed E-state index contributed by atoms with van der Waals surface area (Å²) in [7, 11) is -4.86. The van der Waals surface area contributed by atoms with E-state index in [1.165, 1.54) is 0 Å². The first-order valence-electron chi connectivity index (χ1n) is 6.38. The molecular formula is C10H14N3O10P. The zero-order valence-corrected chi connectivity index (χ0v) is 12.7. The number of aliphatic hydroxyl groups is 2. The first-order chi connectivity index (χ1) is 11.0. The van der Waals surface area contributed by atoms with E-state index >= 15 is 0 Å². The van der Waals surface area contributed by atoms with Crippen LogP contribution in [0.15, 0.2) is 15.7 Å². The summed E-state index contributed by atoms with van der Waals surface area (Å²) in [5, 5.41) is 19.8. The molecule has 14 heteroatoms. The molecule has 1 aliphatic heterocycles. The monoisotopic (exact) mass is 367 g/mol. The standard InChI is InChI=1S/C10H14N3O10P/c11-8(17)3-1-5(14)12-10(18)13(3)9-7(16)6(15)4(23-9)2-22-24(19,20)21/h1,4,6-7,9,15-16H,2H2,(H2,11,17)(H,12,14,18)(H2,19,20,21)/t4-,6-,7-,9-/m1/s1. The molecule has 1 fully saturated rings. The third kappa shape index (κ3) is 3.79. The highest BCUT2D eigenvalue weighted by atomic mass is 31.2. The fourth-order valence-electron chi connectivity index (χ4n) is 2.20. The average molecular weight is 367 g/mol. The quantitative estimate of drug-likeness (QED) is 0.281. The topological polar surface area (TPSA) is 214 Å². The highest BCUT2D eigenvalue weighted by Crippen LogP contribution is 2.38. The molecule has 0 bridgehead atoms. The number of carbonyl (C=O) groups is 1. The number of rotatable bonds is 5. The minimum Gasteiger partial charge on any atom is -0.387 e. The van der Waals surface area contributed by atoms with Crippen LogP contribution in [-0.2, 0) is 13.8 Å². The Bertz CT molecular complexity index is 797. The summed E-state index contributed by atoms with van der Waals surface area (Å²) in [4.78, 5) is 53.7. The Labute approximate surface area is 132 Å². The maximum atomic E-state index is 11.9. The Morgan fingerprint density at radius 1 is 1.38 bits per heavy atom. The number of aromatic amines is 1. The molecule has 24 heavy (non-hydrogen) atoms. The number of aromatic nitrogens is 2. The number of nitrogens with zero attached hydrogens (tertiary/aromatic N) is 1. The van der Waals surface area contributed by atoms with Crippen LogP contribution in [0.4, 0.5) is 0 Å². The van der Waals surface area contributed by atoms with Crippen molar-refractivity contribution < 1.29 is 38.6 Å². The molecule has 13 nitrogen and oxygen atoms in total. The number of aliphatic hydroxyl groups excluding tert-OH is 2. The van der Waals surface area contributed by atoms with Crippen molar-refractivity contribution in [3.05, 3.63) is 32.6 Å². The van der Waals surface area contributed by atoms with Gasteiger partial charge in [-0.2, -0.15) is 0 Å². The summed E-state index contributed by atoms with van der Waals surface area (Å²) in [5.74, 6) is -1.17. The van der Waals surface area contributed by atoms with Gasteiger partial charge in [0.05, 0.1) is 6.61 Å². The second-order valence-electron chi connectivity index (χ2n) is 4.89. The lowest BCUT2D eigenvalue weighted by atomic mass is 10.1. The van der Waals surface area contributed by atoms with Crippen LogP contribution in [0.3, 0.4) is 0 Å². The molecule has 1 saturated heterocycles. The van der Waals surface area contributed by atoms with Crippen molar-refractivity contribution in [3.8, 4) is 0 Å². The van der Waals surface area contributed by atoms with Crippen molar-refractivity contribution in [2.45, 2.75) is 24.5 Å². The predicted molar refractivity (Wildman–Crippen MR) is 73.8 cm³/mol. The van der Waals surface area contributed by atoms with E-state index in [9.17, 15) is 29.2 Å². The fourth-order valence-corrected chi connectivity index (χ4v) is 2.54. The molecule has 0 spiro atoms. The number of H-pyrrole nitrogens is 1. The summed E-state index contributed by atoms with van der Waals surface area (Å²) in [5.41, 5.74) is 2.43. The number of primary amides is 1. The van der Waals surface area contributed by atoms with Gasteiger partial charge < -0.3 is 30.5 Å². The lowest BCUT2D eigenvalue weighted by molar-refractivity contribution is -0.0550. The van der Waals surface area contributed by atoms with Gasteiger partial charge in [0, 0.05) is 6.07 Å². The van der Waals surface area contributed by atoms with Gasteiger partial charge in [-0.25, -0.2) is 9.36 Å². The maximum absolute atomic E-state index is 11.9. The molecule has 134 valence electrons. The normalized spacial score (nSPS) is 27.3. The first kappa shape index (κ1) is 18.5. The Morgan fingerprint density at radius 2 is 2.00 bits per heavy atom. The van der Waals surface area contributed by atoms with Crippen LogP contribution in [0.1, 0.15) is 16.7 Å². The Hall–Kier alpha value is -1.86. The van der Waals surface area contributed by atoms with Crippen LogP contribution >= 0.6 is 7.82 Å². The van der Waals surface area contributed by atoms with Gasteiger partial charge in [0.25, 0.3) is 11.5 Å². The number of nitrogens with one attached hydrogen (secondary N) is 1. The summed E-state index contributed by atoms with van der Waals surface area (Å²) in [6.45, 7) is -0.803. The number of ether oxygens (including phenoxy) is 1. The largest absolute Gasteiger partial charge is 0.469 e. The molecular weight excluding hydrogens is 353 g/mol. The van der Waals surface area contributed by atoms with Gasteiger partial charge in [-0.3, -0.25) is 23.7 Å². The van der Waals surface area contributed by atoms with Crippen molar-refractivity contribution in [3.63, 3.8) is 0 Å². The highest BCUT2D eigenvalue weighted by Gasteiger charge is 2.45. The molecule has 4 atom stereocenters. The van der Waals surface area contributed by atoms with Crippen molar-refractivity contribution in [2.75, 3.05) is 6.61 Å². The third-order valence-electron chi connectivity index (χ3n) is 3.23. The lowest BCUT2D eigenvalue weighted by Gasteiger charge is -2.19. The molecule has 0 aromatic carbocycles. The van der Waals surface area contributed by atoms with Crippen LogP contribution in [0.5, 0.6) is 0 Å². The molecule has 7 N–H and O–H groups in total. The molecule has 1 amide bonds. The number of amides is 1. The van der Waals surface area contributed by atoms with Crippen LogP contribution in [-0.4, -0.2) is 60.4 Å². The van der Waals surface area contributed by atoms with E-state index in [1.807, 2.05) is 4.98 Å². The molecule has 2 heterocycles. The second kappa shape index (κ2) is 6.57. The van der Waals surface area contributed by atoms with Crippen molar-refractivity contribution >= 4 is 13.7 Å². The zero-order chi connectivity index (χ0) is 18.2. The summed E-state index contributed by atoms with van der Waals surface area (Å²) in [6.07, 6.45) is -6.52. The smallest absolute Gasteiger partial charge is 0.387 e. The van der Waals surface area contributed by atoms with Gasteiger partial charge in [-0.1, -0.05) is 0 Å². The first-order valence-corrected chi connectivity index (χ1v) is 7.91. The van der Waals surface area contributed by atoms with Gasteiger partial charge in [-0.05, 0) is 0 Å². The Kier molecular flexibility index (Phi) is 5.05. The van der Waals surface area contributed by atoms with Gasteiger partial charge in [0.1, 0.15) is 24.0 Å².